The van der Waals surface area contributed by atoms with E-state index < -0.39 is 0 Å². The van der Waals surface area contributed by atoms with Crippen LogP contribution in [0.15, 0.2) is 36.4 Å². The van der Waals surface area contributed by atoms with Crippen LogP contribution >= 0.6 is 0 Å². The van der Waals surface area contributed by atoms with Gasteiger partial charge in [-0.2, -0.15) is 0 Å². The lowest BCUT2D eigenvalue weighted by molar-refractivity contribution is 0.403. The van der Waals surface area contributed by atoms with Crippen LogP contribution in [0.2, 0.25) is 0 Å². The van der Waals surface area contributed by atoms with Gasteiger partial charge in [0.2, 0.25) is 0 Å². The third kappa shape index (κ3) is 2.71. The number of phenols is 2. The monoisotopic (exact) mass is 247 g/mol. The summed E-state index contributed by atoms with van der Waals surface area (Å²) in [5, 5.41) is 21.5. The maximum Gasteiger partial charge on any atom is 0.157 e. The number of nitrogens with one attached hydrogen (secondary N) is 1. The van der Waals surface area contributed by atoms with Crippen LogP contribution in [-0.2, 0) is 6.54 Å². The highest BCUT2D eigenvalue weighted by molar-refractivity contribution is 5.48. The number of phenolic OH excluding ortho intramolecular Hbond substituents is 2. The number of hydrogen-bond donors (Lipinski definition) is 3. The highest BCUT2D eigenvalue weighted by Gasteiger charge is 2.04. The van der Waals surface area contributed by atoms with E-state index in [1.165, 1.54) is 18.2 Å². The van der Waals surface area contributed by atoms with E-state index in [-0.39, 0.29) is 17.3 Å². The van der Waals surface area contributed by atoms with Gasteiger partial charge in [-0.1, -0.05) is 12.1 Å². The van der Waals surface area contributed by atoms with E-state index in [0.29, 0.717) is 12.2 Å². The van der Waals surface area contributed by atoms with Crippen molar-refractivity contribution < 1.29 is 14.6 Å². The number of halogens is 1. The van der Waals surface area contributed by atoms with Crippen LogP contribution in [0, 0.1) is 12.7 Å². The van der Waals surface area contributed by atoms with Crippen molar-refractivity contribution in [3.63, 3.8) is 0 Å². The van der Waals surface area contributed by atoms with Gasteiger partial charge in [-0.05, 0) is 42.3 Å². The van der Waals surface area contributed by atoms with Crippen LogP contribution in [0.1, 0.15) is 11.1 Å². The summed E-state index contributed by atoms with van der Waals surface area (Å²) in [5.74, 6) is -0.664. The Morgan fingerprint density at radius 1 is 1.06 bits per heavy atom. The summed E-state index contributed by atoms with van der Waals surface area (Å²) in [6, 6.07) is 9.33. The zero-order valence-corrected chi connectivity index (χ0v) is 9.94. The van der Waals surface area contributed by atoms with E-state index in [2.05, 4.69) is 5.32 Å². The molecule has 2 rings (SSSR count). The Bertz CT molecular complexity index is 570. The van der Waals surface area contributed by atoms with Crippen molar-refractivity contribution in [2.75, 3.05) is 5.32 Å². The van der Waals surface area contributed by atoms with Crippen LogP contribution in [0.3, 0.4) is 0 Å². The predicted octanol–water partition coefficient (Wildman–Crippen LogP) is 3.16. The average molecular weight is 247 g/mol. The number of aromatic hydroxyl groups is 2. The van der Waals surface area contributed by atoms with Gasteiger partial charge in [0.05, 0.1) is 5.69 Å². The summed E-state index contributed by atoms with van der Waals surface area (Å²) < 4.78 is 13.5. The molecule has 3 N–H and O–H groups in total. The van der Waals surface area contributed by atoms with Crippen LogP contribution in [0.25, 0.3) is 0 Å². The molecular weight excluding hydrogens is 233 g/mol. The van der Waals surface area contributed by atoms with Gasteiger partial charge in [-0.15, -0.1) is 0 Å². The topological polar surface area (TPSA) is 52.5 Å². The minimum Gasteiger partial charge on any atom is -0.504 e. The highest BCUT2D eigenvalue weighted by atomic mass is 19.1. The van der Waals surface area contributed by atoms with Crippen molar-refractivity contribution in [1.82, 2.24) is 0 Å². The first-order valence-electron chi connectivity index (χ1n) is 5.57. The van der Waals surface area contributed by atoms with Gasteiger partial charge < -0.3 is 15.5 Å². The van der Waals surface area contributed by atoms with Gasteiger partial charge in [0.1, 0.15) is 5.82 Å². The van der Waals surface area contributed by atoms with Crippen LogP contribution in [0.5, 0.6) is 11.5 Å². The lowest BCUT2D eigenvalue weighted by Crippen LogP contribution is -2.01. The lowest BCUT2D eigenvalue weighted by Gasteiger charge is -2.09. The van der Waals surface area contributed by atoms with E-state index in [0.717, 1.165) is 11.1 Å². The fourth-order valence-electron chi connectivity index (χ4n) is 1.65. The van der Waals surface area contributed by atoms with Gasteiger partial charge in [0, 0.05) is 6.54 Å². The average Bonchev–Trinajstić information content (AvgIpc) is 2.34. The molecule has 0 aliphatic carbocycles. The normalized spacial score (nSPS) is 10.3. The summed E-state index contributed by atoms with van der Waals surface area (Å²) in [6.07, 6.45) is 0. The zero-order chi connectivity index (χ0) is 13.1. The van der Waals surface area contributed by atoms with Crippen molar-refractivity contribution in [1.29, 1.82) is 0 Å². The molecule has 0 atom stereocenters. The molecule has 2 aromatic carbocycles. The molecule has 0 saturated heterocycles. The second-order valence-electron chi connectivity index (χ2n) is 4.16. The molecule has 4 heteroatoms. The molecule has 18 heavy (non-hydrogen) atoms. The second-order valence-corrected chi connectivity index (χ2v) is 4.16. The molecule has 94 valence electrons. The fraction of sp³-hybridized carbons (Fsp3) is 0.143. The summed E-state index contributed by atoms with van der Waals surface area (Å²) >= 11 is 0. The molecule has 0 heterocycles. The number of anilines is 1. The number of benzene rings is 2. The first kappa shape index (κ1) is 12.2. The number of rotatable bonds is 3. The maximum absolute atomic E-state index is 13.5. The SMILES string of the molecule is Cc1ccc(F)c(NCc2ccc(O)c(O)c2)c1. The molecule has 0 radical (unpaired) electrons. The molecule has 0 unspecified atom stereocenters. The first-order chi connectivity index (χ1) is 8.56. The van der Waals surface area contributed by atoms with Crippen LogP contribution in [-0.4, -0.2) is 10.2 Å². The van der Waals surface area contributed by atoms with E-state index >= 15 is 0 Å². The Kier molecular flexibility index (Phi) is 3.37. The van der Waals surface area contributed by atoms with E-state index in [1.807, 2.05) is 6.92 Å². The summed E-state index contributed by atoms with van der Waals surface area (Å²) in [7, 11) is 0. The number of hydrogen-bond acceptors (Lipinski definition) is 3. The molecule has 0 aliphatic rings. The summed E-state index contributed by atoms with van der Waals surface area (Å²) in [6.45, 7) is 2.26. The second kappa shape index (κ2) is 4.96. The smallest absolute Gasteiger partial charge is 0.157 e. The van der Waals surface area contributed by atoms with Gasteiger partial charge >= 0.3 is 0 Å². The van der Waals surface area contributed by atoms with Crippen LogP contribution in [0.4, 0.5) is 10.1 Å². The van der Waals surface area contributed by atoms with Gasteiger partial charge in [0.25, 0.3) is 0 Å². The Balaban J connectivity index is 2.11. The Morgan fingerprint density at radius 2 is 1.83 bits per heavy atom. The Labute approximate surface area is 105 Å². The maximum atomic E-state index is 13.5. The van der Waals surface area contributed by atoms with Crippen molar-refractivity contribution in [2.24, 2.45) is 0 Å². The van der Waals surface area contributed by atoms with Crippen molar-refractivity contribution in [2.45, 2.75) is 13.5 Å². The molecule has 0 bridgehead atoms. The number of aryl methyl sites for hydroxylation is 1. The molecular formula is C14H14FNO2. The van der Waals surface area contributed by atoms with Crippen molar-refractivity contribution in [3.05, 3.63) is 53.3 Å². The molecule has 0 amide bonds. The van der Waals surface area contributed by atoms with Gasteiger partial charge in [-0.3, -0.25) is 0 Å². The fourth-order valence-corrected chi connectivity index (χ4v) is 1.65. The zero-order valence-electron chi connectivity index (χ0n) is 9.94. The van der Waals surface area contributed by atoms with E-state index in [4.69, 9.17) is 0 Å². The molecule has 0 spiro atoms. The largest absolute Gasteiger partial charge is 0.504 e. The Hall–Kier alpha value is -2.23. The van der Waals surface area contributed by atoms with Gasteiger partial charge in [0.15, 0.2) is 11.5 Å². The molecule has 3 nitrogen and oxygen atoms in total. The quantitative estimate of drug-likeness (QED) is 0.730. The van der Waals surface area contributed by atoms with Crippen LogP contribution < -0.4 is 5.32 Å². The predicted molar refractivity (Wildman–Crippen MR) is 68.2 cm³/mol. The third-order valence-electron chi connectivity index (χ3n) is 2.64. The molecule has 0 fully saturated rings. The van der Waals surface area contributed by atoms with E-state index in [9.17, 15) is 14.6 Å². The molecule has 2 aromatic rings. The standard InChI is InChI=1S/C14H14FNO2/c1-9-2-4-11(15)12(6-9)16-8-10-3-5-13(17)14(18)7-10/h2-7,16-18H,8H2,1H3. The highest BCUT2D eigenvalue weighted by Crippen LogP contribution is 2.25. The van der Waals surface area contributed by atoms with Gasteiger partial charge in [-0.25, -0.2) is 4.39 Å². The first-order valence-corrected chi connectivity index (χ1v) is 5.57. The molecule has 0 saturated carbocycles. The minimum absolute atomic E-state index is 0.166. The Morgan fingerprint density at radius 3 is 2.56 bits per heavy atom. The molecule has 0 aliphatic heterocycles. The summed E-state index contributed by atoms with van der Waals surface area (Å²) in [4.78, 5) is 0. The molecule has 0 aromatic heterocycles. The third-order valence-corrected chi connectivity index (χ3v) is 2.64. The van der Waals surface area contributed by atoms with E-state index in [1.54, 1.807) is 18.2 Å². The summed E-state index contributed by atoms with van der Waals surface area (Å²) in [5.41, 5.74) is 2.14. The lowest BCUT2D eigenvalue weighted by atomic mass is 10.1. The van der Waals surface area contributed by atoms with Crippen molar-refractivity contribution >= 4 is 5.69 Å². The van der Waals surface area contributed by atoms with Crippen molar-refractivity contribution in [3.8, 4) is 11.5 Å². The minimum atomic E-state index is -0.316.